The predicted molar refractivity (Wildman–Crippen MR) is 68.1 cm³/mol. The predicted octanol–water partition coefficient (Wildman–Crippen LogP) is 1.81. The summed E-state index contributed by atoms with van der Waals surface area (Å²) in [6.07, 6.45) is -0.673. The van der Waals surface area contributed by atoms with Gasteiger partial charge in [-0.1, -0.05) is 13.8 Å². The number of aliphatic hydroxyl groups is 1. The van der Waals surface area contributed by atoms with Crippen LogP contribution in [0.1, 0.15) is 13.8 Å². The number of halogens is 1. The van der Waals surface area contributed by atoms with E-state index in [-0.39, 0.29) is 16.7 Å². The van der Waals surface area contributed by atoms with Gasteiger partial charge in [-0.05, 0) is 33.3 Å². The fourth-order valence-electron chi connectivity index (χ4n) is 0.968. The molecule has 0 spiro atoms. The van der Waals surface area contributed by atoms with E-state index < -0.39 is 16.1 Å². The quantitative estimate of drug-likeness (QED) is 0.866. The van der Waals surface area contributed by atoms with Crippen LogP contribution >= 0.6 is 27.3 Å². The molecule has 1 heterocycles. The van der Waals surface area contributed by atoms with Crippen molar-refractivity contribution in [1.29, 1.82) is 0 Å². The van der Waals surface area contributed by atoms with Crippen LogP contribution in [-0.4, -0.2) is 26.2 Å². The molecule has 0 radical (unpaired) electrons. The Morgan fingerprint density at radius 3 is 2.62 bits per heavy atom. The number of nitrogens with one attached hydrogen (secondary N) is 1. The lowest BCUT2D eigenvalue weighted by Crippen LogP contribution is -2.34. The number of sulfonamides is 1. The molecule has 0 saturated heterocycles. The fourth-order valence-corrected chi connectivity index (χ4v) is 4.40. The Morgan fingerprint density at radius 1 is 1.56 bits per heavy atom. The molecule has 0 aliphatic carbocycles. The van der Waals surface area contributed by atoms with E-state index in [0.29, 0.717) is 4.47 Å². The third kappa shape index (κ3) is 3.53. The number of hydrogen-bond acceptors (Lipinski definition) is 4. The zero-order valence-corrected chi connectivity index (χ0v) is 12.2. The Bertz CT molecular complexity index is 441. The molecule has 1 atom stereocenters. The maximum absolute atomic E-state index is 11.8. The molecule has 2 N–H and O–H groups in total. The van der Waals surface area contributed by atoms with E-state index in [4.69, 9.17) is 0 Å². The highest BCUT2D eigenvalue weighted by atomic mass is 79.9. The monoisotopic (exact) mass is 327 g/mol. The lowest BCUT2D eigenvalue weighted by Gasteiger charge is -2.14. The third-order valence-electron chi connectivity index (χ3n) is 2.08. The third-order valence-corrected chi connectivity index (χ3v) is 6.17. The van der Waals surface area contributed by atoms with Crippen molar-refractivity contribution in [1.82, 2.24) is 4.72 Å². The smallest absolute Gasteiger partial charge is 0.251 e. The lowest BCUT2D eigenvalue weighted by molar-refractivity contribution is 0.129. The second-order valence-corrected chi connectivity index (χ2v) is 7.45. The molecule has 1 unspecified atom stereocenters. The first-order chi connectivity index (χ1) is 7.34. The first-order valence-electron chi connectivity index (χ1n) is 4.75. The van der Waals surface area contributed by atoms with Gasteiger partial charge in [0.1, 0.15) is 4.21 Å². The molecular formula is C9H14BrNO3S2. The van der Waals surface area contributed by atoms with Crippen molar-refractivity contribution >= 4 is 37.3 Å². The van der Waals surface area contributed by atoms with Gasteiger partial charge in [0.2, 0.25) is 0 Å². The van der Waals surface area contributed by atoms with Crippen LogP contribution in [0.2, 0.25) is 0 Å². The van der Waals surface area contributed by atoms with Gasteiger partial charge in [-0.3, -0.25) is 0 Å². The Balaban J connectivity index is 2.71. The summed E-state index contributed by atoms with van der Waals surface area (Å²) in [5, 5.41) is 11.2. The first kappa shape index (κ1) is 14.1. The Kier molecular flexibility index (Phi) is 4.93. The second kappa shape index (κ2) is 5.59. The topological polar surface area (TPSA) is 66.4 Å². The lowest BCUT2D eigenvalue weighted by atomic mass is 10.1. The van der Waals surface area contributed by atoms with Crippen molar-refractivity contribution in [3.8, 4) is 0 Å². The van der Waals surface area contributed by atoms with Crippen molar-refractivity contribution < 1.29 is 13.5 Å². The van der Waals surface area contributed by atoms with Gasteiger partial charge in [0.25, 0.3) is 10.0 Å². The maximum atomic E-state index is 11.8. The molecule has 1 rings (SSSR count). The van der Waals surface area contributed by atoms with Gasteiger partial charge in [-0.25, -0.2) is 13.1 Å². The first-order valence-corrected chi connectivity index (χ1v) is 7.91. The minimum Gasteiger partial charge on any atom is -0.391 e. The number of rotatable bonds is 5. The van der Waals surface area contributed by atoms with Gasteiger partial charge in [-0.15, -0.1) is 11.3 Å². The van der Waals surface area contributed by atoms with Crippen LogP contribution < -0.4 is 4.72 Å². The summed E-state index contributed by atoms with van der Waals surface area (Å²) in [6, 6.07) is 1.68. The van der Waals surface area contributed by atoms with Crippen molar-refractivity contribution in [2.24, 2.45) is 5.92 Å². The molecule has 1 aromatic rings. The summed E-state index contributed by atoms with van der Waals surface area (Å²) in [5.41, 5.74) is 0. The van der Waals surface area contributed by atoms with Crippen LogP contribution in [0.15, 0.2) is 20.1 Å². The minimum absolute atomic E-state index is 0.0227. The van der Waals surface area contributed by atoms with Crippen LogP contribution in [0, 0.1) is 5.92 Å². The molecule has 0 bridgehead atoms. The van der Waals surface area contributed by atoms with Gasteiger partial charge >= 0.3 is 0 Å². The van der Waals surface area contributed by atoms with E-state index in [9.17, 15) is 13.5 Å². The van der Waals surface area contributed by atoms with Crippen molar-refractivity contribution in [3.63, 3.8) is 0 Å². The summed E-state index contributed by atoms with van der Waals surface area (Å²) >= 11 is 4.30. The molecule has 7 heteroatoms. The molecule has 4 nitrogen and oxygen atoms in total. The highest BCUT2D eigenvalue weighted by molar-refractivity contribution is 9.10. The molecule has 1 aromatic heterocycles. The molecule has 0 amide bonds. The van der Waals surface area contributed by atoms with Crippen LogP contribution in [0.5, 0.6) is 0 Å². The van der Waals surface area contributed by atoms with Crippen molar-refractivity contribution in [2.75, 3.05) is 6.54 Å². The summed E-state index contributed by atoms with van der Waals surface area (Å²) in [4.78, 5) is 0. The summed E-state index contributed by atoms with van der Waals surface area (Å²) in [5.74, 6) is 0.0227. The van der Waals surface area contributed by atoms with E-state index in [2.05, 4.69) is 20.7 Å². The number of thiophene rings is 1. The SMILES string of the molecule is CC(C)C(O)CNS(=O)(=O)c1sccc1Br. The van der Waals surface area contributed by atoms with E-state index >= 15 is 0 Å². The molecule has 0 aliphatic heterocycles. The standard InChI is InChI=1S/C9H14BrNO3S2/c1-6(2)8(12)5-11-16(13,14)9-7(10)3-4-15-9/h3-4,6,8,11-12H,5H2,1-2H3. The van der Waals surface area contributed by atoms with Gasteiger partial charge in [0, 0.05) is 11.0 Å². The minimum atomic E-state index is -3.51. The number of hydrogen-bond donors (Lipinski definition) is 2. The van der Waals surface area contributed by atoms with Gasteiger partial charge in [0.05, 0.1) is 6.10 Å². The molecule has 0 aromatic carbocycles. The molecule has 0 saturated carbocycles. The maximum Gasteiger partial charge on any atom is 0.251 e. The second-order valence-electron chi connectivity index (χ2n) is 3.72. The van der Waals surface area contributed by atoms with E-state index in [1.807, 2.05) is 13.8 Å². The Hall–Kier alpha value is 0.0500. The van der Waals surface area contributed by atoms with Crippen LogP contribution in [0.25, 0.3) is 0 Å². The highest BCUT2D eigenvalue weighted by Crippen LogP contribution is 2.27. The molecule has 0 aliphatic rings. The average molecular weight is 328 g/mol. The van der Waals surface area contributed by atoms with E-state index in [0.717, 1.165) is 11.3 Å². The van der Waals surface area contributed by atoms with E-state index in [1.165, 1.54) is 0 Å². The van der Waals surface area contributed by atoms with Gasteiger partial charge in [-0.2, -0.15) is 0 Å². The van der Waals surface area contributed by atoms with E-state index in [1.54, 1.807) is 11.4 Å². The molecular weight excluding hydrogens is 314 g/mol. The molecule has 16 heavy (non-hydrogen) atoms. The largest absolute Gasteiger partial charge is 0.391 e. The summed E-state index contributed by atoms with van der Waals surface area (Å²) in [7, 11) is -3.51. The summed E-state index contributed by atoms with van der Waals surface area (Å²) < 4.78 is 26.8. The zero-order chi connectivity index (χ0) is 12.3. The zero-order valence-electron chi connectivity index (χ0n) is 8.97. The summed E-state index contributed by atoms with van der Waals surface area (Å²) in [6.45, 7) is 3.70. The fraction of sp³-hybridized carbons (Fsp3) is 0.556. The molecule has 92 valence electrons. The van der Waals surface area contributed by atoms with Crippen molar-refractivity contribution in [2.45, 2.75) is 24.2 Å². The normalized spacial score (nSPS) is 14.3. The van der Waals surface area contributed by atoms with Crippen LogP contribution in [0.3, 0.4) is 0 Å². The number of aliphatic hydroxyl groups excluding tert-OH is 1. The van der Waals surface area contributed by atoms with Gasteiger partial charge < -0.3 is 5.11 Å². The van der Waals surface area contributed by atoms with Crippen molar-refractivity contribution in [3.05, 3.63) is 15.9 Å². The Morgan fingerprint density at radius 2 is 2.19 bits per heavy atom. The molecule has 0 fully saturated rings. The van der Waals surface area contributed by atoms with Crippen LogP contribution in [0.4, 0.5) is 0 Å². The average Bonchev–Trinajstić information content (AvgIpc) is 2.61. The van der Waals surface area contributed by atoms with Crippen LogP contribution in [-0.2, 0) is 10.0 Å². The Labute approximate surface area is 108 Å². The highest BCUT2D eigenvalue weighted by Gasteiger charge is 2.20. The van der Waals surface area contributed by atoms with Gasteiger partial charge in [0.15, 0.2) is 0 Å².